The fraction of sp³-hybridized carbons (Fsp3) is 0.143. The Morgan fingerprint density at radius 3 is 1.75 bits per heavy atom. The van der Waals surface area contributed by atoms with Gasteiger partial charge in [0.05, 0.1) is 11.8 Å². The number of ether oxygens (including phenoxy) is 1. The molecule has 32 heavy (non-hydrogen) atoms. The Kier molecular flexibility index (Phi) is 5.20. The number of benzene rings is 4. The predicted molar refractivity (Wildman–Crippen MR) is 123 cm³/mol. The van der Waals surface area contributed by atoms with Crippen molar-refractivity contribution in [3.8, 4) is 5.75 Å². The second kappa shape index (κ2) is 8.31. The molecule has 1 aliphatic carbocycles. The Morgan fingerprint density at radius 2 is 1.16 bits per heavy atom. The molecule has 0 saturated heterocycles. The van der Waals surface area contributed by atoms with E-state index in [1.807, 2.05) is 97.1 Å². The number of fused-ring (bicyclic) bond motifs is 1. The van der Waals surface area contributed by atoms with Crippen molar-refractivity contribution in [2.75, 3.05) is 0 Å². The van der Waals surface area contributed by atoms with Crippen LogP contribution < -0.4 is 4.74 Å². The highest BCUT2D eigenvalue weighted by molar-refractivity contribution is 5.92. The lowest BCUT2D eigenvalue weighted by Gasteiger charge is -2.49. The molecule has 0 amide bonds. The van der Waals surface area contributed by atoms with Crippen LogP contribution in [-0.2, 0) is 9.59 Å². The number of esters is 1. The molecule has 158 valence electrons. The van der Waals surface area contributed by atoms with Gasteiger partial charge in [-0.25, -0.2) is 0 Å². The van der Waals surface area contributed by atoms with Crippen LogP contribution in [0.15, 0.2) is 103 Å². The summed E-state index contributed by atoms with van der Waals surface area (Å²) in [5.41, 5.74) is 1.68. The first-order valence-corrected chi connectivity index (χ1v) is 10.7. The molecule has 0 heterocycles. The zero-order chi connectivity index (χ0) is 22.1. The average Bonchev–Trinajstić information content (AvgIpc) is 2.80. The van der Waals surface area contributed by atoms with E-state index in [0.29, 0.717) is 5.75 Å². The number of carboxylic acid groups (broad SMARTS) is 1. The van der Waals surface area contributed by atoms with Crippen LogP contribution in [0.5, 0.6) is 5.75 Å². The second-order valence-electron chi connectivity index (χ2n) is 8.16. The van der Waals surface area contributed by atoms with Crippen LogP contribution in [0.2, 0.25) is 0 Å². The zero-order valence-electron chi connectivity index (χ0n) is 17.3. The van der Waals surface area contributed by atoms with E-state index in [0.717, 1.165) is 21.9 Å². The Bertz CT molecular complexity index is 1210. The maximum absolute atomic E-state index is 13.6. The standard InChI is InChI=1S/C28H22O4/c29-27(30)25-23(19-11-3-1-4-12-19)26(24(25)20-13-5-2-6-14-20)28(31)32-22-17-9-15-18-10-7-8-16-21(18)22/h1-17,23-26H,(H,29,30)/t23-,24?,25+,26+/m1/s1. The zero-order valence-corrected chi connectivity index (χ0v) is 17.3. The predicted octanol–water partition coefficient (Wildman–Crippen LogP) is 5.64. The topological polar surface area (TPSA) is 63.6 Å². The lowest BCUT2D eigenvalue weighted by Crippen LogP contribution is -2.52. The maximum atomic E-state index is 13.6. The molecule has 0 radical (unpaired) electrons. The highest BCUT2D eigenvalue weighted by atomic mass is 16.5. The third kappa shape index (κ3) is 3.44. The summed E-state index contributed by atoms with van der Waals surface area (Å²) in [4.78, 5) is 25.9. The summed E-state index contributed by atoms with van der Waals surface area (Å²) in [6, 6.07) is 32.2. The van der Waals surface area contributed by atoms with E-state index >= 15 is 0 Å². The molecular weight excluding hydrogens is 400 g/mol. The van der Waals surface area contributed by atoms with E-state index in [1.54, 1.807) is 6.07 Å². The lowest BCUT2D eigenvalue weighted by atomic mass is 9.52. The average molecular weight is 422 g/mol. The van der Waals surface area contributed by atoms with Gasteiger partial charge in [0.2, 0.25) is 0 Å². The van der Waals surface area contributed by atoms with Crippen LogP contribution >= 0.6 is 0 Å². The van der Waals surface area contributed by atoms with Crippen LogP contribution in [0, 0.1) is 11.8 Å². The fourth-order valence-corrected chi connectivity index (χ4v) is 4.99. The number of carboxylic acids is 1. The van der Waals surface area contributed by atoms with E-state index < -0.39 is 35.6 Å². The smallest absolute Gasteiger partial charge is 0.315 e. The summed E-state index contributed by atoms with van der Waals surface area (Å²) in [7, 11) is 0. The SMILES string of the molecule is O=C(O)[C@@H]1C(c2ccccc2)[C@@H](C(=O)Oc2cccc3ccccc23)[C@@H]1c1ccccc1. The molecule has 0 bridgehead atoms. The normalized spacial score (nSPS) is 22.1. The monoisotopic (exact) mass is 422 g/mol. The number of hydrogen-bond acceptors (Lipinski definition) is 3. The summed E-state index contributed by atoms with van der Waals surface area (Å²) in [5.74, 6) is -3.03. The summed E-state index contributed by atoms with van der Waals surface area (Å²) in [6.07, 6.45) is 0. The molecule has 4 nitrogen and oxygen atoms in total. The summed E-state index contributed by atoms with van der Waals surface area (Å²) in [5, 5.41) is 11.9. The molecule has 4 atom stereocenters. The van der Waals surface area contributed by atoms with Crippen molar-refractivity contribution in [2.45, 2.75) is 11.8 Å². The van der Waals surface area contributed by atoms with Gasteiger partial charge >= 0.3 is 11.9 Å². The molecule has 4 heteroatoms. The molecule has 4 aromatic rings. The molecule has 0 aromatic heterocycles. The van der Waals surface area contributed by atoms with Gasteiger partial charge in [-0.15, -0.1) is 0 Å². The van der Waals surface area contributed by atoms with Crippen LogP contribution in [0.25, 0.3) is 10.8 Å². The molecule has 1 unspecified atom stereocenters. The van der Waals surface area contributed by atoms with Crippen LogP contribution in [0.1, 0.15) is 23.0 Å². The van der Waals surface area contributed by atoms with Crippen molar-refractivity contribution in [3.63, 3.8) is 0 Å². The summed E-state index contributed by atoms with van der Waals surface area (Å²) < 4.78 is 5.93. The van der Waals surface area contributed by atoms with Gasteiger partial charge in [-0.3, -0.25) is 9.59 Å². The van der Waals surface area contributed by atoms with E-state index in [2.05, 4.69) is 0 Å². The fourth-order valence-electron chi connectivity index (χ4n) is 4.99. The van der Waals surface area contributed by atoms with Gasteiger partial charge in [-0.2, -0.15) is 0 Å². The first kappa shape index (κ1) is 20.0. The molecule has 5 rings (SSSR count). The largest absolute Gasteiger partial charge is 0.481 e. The van der Waals surface area contributed by atoms with Crippen LogP contribution in [0.4, 0.5) is 0 Å². The minimum Gasteiger partial charge on any atom is -0.481 e. The van der Waals surface area contributed by atoms with E-state index in [-0.39, 0.29) is 0 Å². The van der Waals surface area contributed by atoms with E-state index in [4.69, 9.17) is 4.74 Å². The molecule has 4 aromatic carbocycles. The molecule has 1 N–H and O–H groups in total. The van der Waals surface area contributed by atoms with Crippen molar-refractivity contribution in [3.05, 3.63) is 114 Å². The van der Waals surface area contributed by atoms with Crippen LogP contribution in [-0.4, -0.2) is 17.0 Å². The van der Waals surface area contributed by atoms with Crippen molar-refractivity contribution < 1.29 is 19.4 Å². The Labute approximate surface area is 186 Å². The summed E-state index contributed by atoms with van der Waals surface area (Å²) in [6.45, 7) is 0. The lowest BCUT2D eigenvalue weighted by molar-refractivity contribution is -0.158. The van der Waals surface area contributed by atoms with Crippen molar-refractivity contribution >= 4 is 22.7 Å². The Hall–Kier alpha value is -3.92. The van der Waals surface area contributed by atoms with Gasteiger partial charge in [0.15, 0.2) is 0 Å². The molecule has 1 aliphatic rings. The van der Waals surface area contributed by atoms with Gasteiger partial charge in [0.1, 0.15) is 5.75 Å². The van der Waals surface area contributed by atoms with Gasteiger partial charge in [-0.1, -0.05) is 97.1 Å². The number of carbonyl (C=O) groups is 2. The number of rotatable bonds is 5. The minimum atomic E-state index is -0.901. The minimum absolute atomic E-state index is 0.401. The maximum Gasteiger partial charge on any atom is 0.315 e. The highest BCUT2D eigenvalue weighted by Crippen LogP contribution is 2.58. The van der Waals surface area contributed by atoms with Gasteiger partial charge in [0.25, 0.3) is 0 Å². The Morgan fingerprint density at radius 1 is 0.625 bits per heavy atom. The molecule has 0 aliphatic heterocycles. The van der Waals surface area contributed by atoms with Crippen molar-refractivity contribution in [2.24, 2.45) is 11.8 Å². The van der Waals surface area contributed by atoms with Gasteiger partial charge < -0.3 is 9.84 Å². The first-order chi connectivity index (χ1) is 15.6. The van der Waals surface area contributed by atoms with E-state index in [9.17, 15) is 14.7 Å². The van der Waals surface area contributed by atoms with Crippen molar-refractivity contribution in [1.29, 1.82) is 0 Å². The molecule has 1 saturated carbocycles. The van der Waals surface area contributed by atoms with E-state index in [1.165, 1.54) is 0 Å². The molecular formula is C28H22O4. The third-order valence-electron chi connectivity index (χ3n) is 6.43. The number of carbonyl (C=O) groups excluding carboxylic acids is 1. The molecule has 1 fully saturated rings. The quantitative estimate of drug-likeness (QED) is 0.334. The summed E-state index contributed by atoms with van der Waals surface area (Å²) >= 11 is 0. The number of hydrogen-bond donors (Lipinski definition) is 1. The second-order valence-corrected chi connectivity index (χ2v) is 8.16. The highest BCUT2D eigenvalue weighted by Gasteiger charge is 2.59. The third-order valence-corrected chi connectivity index (χ3v) is 6.43. The van der Waals surface area contributed by atoms with Crippen molar-refractivity contribution in [1.82, 2.24) is 0 Å². The Balaban J connectivity index is 1.55. The van der Waals surface area contributed by atoms with Gasteiger partial charge in [0, 0.05) is 17.2 Å². The first-order valence-electron chi connectivity index (χ1n) is 10.7. The molecule has 0 spiro atoms. The van der Waals surface area contributed by atoms with Gasteiger partial charge in [-0.05, 0) is 22.6 Å². The van der Waals surface area contributed by atoms with Crippen LogP contribution in [0.3, 0.4) is 0 Å². The number of aliphatic carboxylic acids is 1.